The maximum Gasteiger partial charge on any atom is 0.170 e. The molecule has 1 unspecified atom stereocenters. The zero-order chi connectivity index (χ0) is 10.6. The molecule has 0 radical (unpaired) electrons. The Morgan fingerprint density at radius 2 is 2.07 bits per heavy atom. The van der Waals surface area contributed by atoms with E-state index < -0.39 is 0 Å². The number of carbonyl (C=O) groups is 1. The lowest BCUT2D eigenvalue weighted by molar-refractivity contribution is -0.121. The SMILES string of the molecule is CSCC1=CC=CC(C)(CSC)C1=O. The lowest BCUT2D eigenvalue weighted by Crippen LogP contribution is -2.32. The molecule has 1 aliphatic carbocycles. The van der Waals surface area contributed by atoms with E-state index in [0.29, 0.717) is 5.78 Å². The summed E-state index contributed by atoms with van der Waals surface area (Å²) in [5, 5.41) is 0. The van der Waals surface area contributed by atoms with Crippen LogP contribution in [-0.2, 0) is 4.79 Å². The van der Waals surface area contributed by atoms with E-state index >= 15 is 0 Å². The van der Waals surface area contributed by atoms with E-state index in [2.05, 4.69) is 0 Å². The minimum Gasteiger partial charge on any atom is -0.294 e. The van der Waals surface area contributed by atoms with E-state index in [0.717, 1.165) is 17.1 Å². The quantitative estimate of drug-likeness (QED) is 0.736. The number of thioether (sulfide) groups is 2. The van der Waals surface area contributed by atoms with Crippen molar-refractivity contribution in [3.63, 3.8) is 0 Å². The van der Waals surface area contributed by atoms with Crippen LogP contribution < -0.4 is 0 Å². The van der Waals surface area contributed by atoms with Gasteiger partial charge in [0.2, 0.25) is 0 Å². The predicted molar refractivity (Wildman–Crippen MR) is 67.1 cm³/mol. The summed E-state index contributed by atoms with van der Waals surface area (Å²) in [4.78, 5) is 12.1. The molecule has 0 heterocycles. The molecular formula is C11H16OS2. The maximum atomic E-state index is 12.1. The van der Waals surface area contributed by atoms with E-state index in [-0.39, 0.29) is 5.41 Å². The topological polar surface area (TPSA) is 17.1 Å². The molecular weight excluding hydrogens is 212 g/mol. The molecule has 0 N–H and O–H groups in total. The van der Waals surface area contributed by atoms with E-state index in [1.807, 2.05) is 37.7 Å². The van der Waals surface area contributed by atoms with Crippen molar-refractivity contribution < 1.29 is 4.79 Å². The molecule has 1 rings (SSSR count). The second-order valence-electron chi connectivity index (χ2n) is 3.66. The van der Waals surface area contributed by atoms with Gasteiger partial charge < -0.3 is 0 Å². The van der Waals surface area contributed by atoms with Gasteiger partial charge in [0.1, 0.15) is 0 Å². The van der Waals surface area contributed by atoms with Crippen LogP contribution >= 0.6 is 23.5 Å². The Labute approximate surface area is 94.4 Å². The third kappa shape index (κ3) is 2.45. The smallest absolute Gasteiger partial charge is 0.170 e. The molecule has 1 atom stereocenters. The number of ketones is 1. The van der Waals surface area contributed by atoms with E-state index in [4.69, 9.17) is 0 Å². The largest absolute Gasteiger partial charge is 0.294 e. The van der Waals surface area contributed by atoms with Gasteiger partial charge in [-0.3, -0.25) is 4.79 Å². The highest BCUT2D eigenvalue weighted by molar-refractivity contribution is 7.99. The molecule has 0 aliphatic heterocycles. The third-order valence-electron chi connectivity index (χ3n) is 2.32. The first-order valence-corrected chi connectivity index (χ1v) is 7.34. The zero-order valence-corrected chi connectivity index (χ0v) is 10.5. The first-order valence-electron chi connectivity index (χ1n) is 4.55. The van der Waals surface area contributed by atoms with Crippen molar-refractivity contribution in [2.75, 3.05) is 24.0 Å². The van der Waals surface area contributed by atoms with Crippen molar-refractivity contribution in [3.05, 3.63) is 23.8 Å². The Bertz CT molecular complexity index is 281. The Morgan fingerprint density at radius 1 is 1.36 bits per heavy atom. The van der Waals surface area contributed by atoms with Crippen LogP contribution in [0, 0.1) is 5.41 Å². The predicted octanol–water partition coefficient (Wildman–Crippen LogP) is 2.78. The average molecular weight is 228 g/mol. The molecule has 1 nitrogen and oxygen atoms in total. The molecule has 0 aromatic heterocycles. The zero-order valence-electron chi connectivity index (χ0n) is 8.87. The fraction of sp³-hybridized carbons (Fsp3) is 0.545. The number of hydrogen-bond acceptors (Lipinski definition) is 3. The summed E-state index contributed by atoms with van der Waals surface area (Å²) in [7, 11) is 0. The highest BCUT2D eigenvalue weighted by Crippen LogP contribution is 2.31. The molecule has 0 amide bonds. The van der Waals surface area contributed by atoms with E-state index in [9.17, 15) is 4.79 Å². The summed E-state index contributed by atoms with van der Waals surface area (Å²) in [5.74, 6) is 1.99. The molecule has 0 bridgehead atoms. The Morgan fingerprint density at radius 3 is 2.64 bits per heavy atom. The molecule has 78 valence electrons. The third-order valence-corrected chi connectivity index (χ3v) is 3.80. The number of allylic oxidation sites excluding steroid dienone is 3. The van der Waals surface area contributed by atoms with Gasteiger partial charge >= 0.3 is 0 Å². The molecule has 3 heteroatoms. The van der Waals surface area contributed by atoms with Gasteiger partial charge in [-0.25, -0.2) is 0 Å². The number of rotatable bonds is 4. The Hall–Kier alpha value is -0.150. The highest BCUT2D eigenvalue weighted by Gasteiger charge is 2.33. The number of Topliss-reactive ketones (excluding diaryl/α,β-unsaturated/α-hetero) is 1. The molecule has 1 aliphatic rings. The summed E-state index contributed by atoms with van der Waals surface area (Å²) in [6, 6.07) is 0. The second-order valence-corrected chi connectivity index (χ2v) is 5.40. The Kier molecular flexibility index (Phi) is 4.32. The standard InChI is InChI=1S/C11H16OS2/c1-11(8-14-3)6-4-5-9(7-13-2)10(11)12/h4-6H,7-8H2,1-3H3. The van der Waals surface area contributed by atoms with Crippen LogP contribution in [0.3, 0.4) is 0 Å². The van der Waals surface area contributed by atoms with Gasteiger partial charge in [-0.1, -0.05) is 18.2 Å². The van der Waals surface area contributed by atoms with Crippen molar-refractivity contribution in [1.29, 1.82) is 0 Å². The van der Waals surface area contributed by atoms with Gasteiger partial charge in [0, 0.05) is 17.1 Å². The van der Waals surface area contributed by atoms with Gasteiger partial charge in [0.05, 0.1) is 5.41 Å². The fourth-order valence-corrected chi connectivity index (χ4v) is 2.94. The fourth-order valence-electron chi connectivity index (χ4n) is 1.58. The van der Waals surface area contributed by atoms with Gasteiger partial charge in [0.15, 0.2) is 5.78 Å². The molecule has 14 heavy (non-hydrogen) atoms. The highest BCUT2D eigenvalue weighted by atomic mass is 32.2. The monoisotopic (exact) mass is 228 g/mol. The average Bonchev–Trinajstić information content (AvgIpc) is 2.14. The minimum atomic E-state index is -0.279. The lowest BCUT2D eigenvalue weighted by atomic mass is 9.81. The van der Waals surface area contributed by atoms with Crippen LogP contribution in [0.2, 0.25) is 0 Å². The van der Waals surface area contributed by atoms with Crippen LogP contribution in [0.15, 0.2) is 23.8 Å². The summed E-state index contributed by atoms with van der Waals surface area (Å²) in [6.45, 7) is 2.02. The van der Waals surface area contributed by atoms with Crippen LogP contribution in [-0.4, -0.2) is 29.8 Å². The van der Waals surface area contributed by atoms with E-state index in [1.54, 1.807) is 23.5 Å². The van der Waals surface area contributed by atoms with Crippen LogP contribution in [0.4, 0.5) is 0 Å². The van der Waals surface area contributed by atoms with Crippen LogP contribution in [0.25, 0.3) is 0 Å². The first kappa shape index (κ1) is 11.9. The lowest BCUT2D eigenvalue weighted by Gasteiger charge is -2.27. The van der Waals surface area contributed by atoms with Gasteiger partial charge in [0.25, 0.3) is 0 Å². The summed E-state index contributed by atoms with van der Waals surface area (Å²) < 4.78 is 0. The number of carbonyl (C=O) groups excluding carboxylic acids is 1. The summed E-state index contributed by atoms with van der Waals surface area (Å²) in [5.41, 5.74) is 0.677. The summed E-state index contributed by atoms with van der Waals surface area (Å²) >= 11 is 3.43. The number of hydrogen-bond donors (Lipinski definition) is 0. The normalized spacial score (nSPS) is 26.5. The van der Waals surface area contributed by atoms with Crippen molar-refractivity contribution in [3.8, 4) is 0 Å². The van der Waals surface area contributed by atoms with Crippen molar-refractivity contribution in [2.24, 2.45) is 5.41 Å². The van der Waals surface area contributed by atoms with Gasteiger partial charge in [-0.15, -0.1) is 0 Å². The van der Waals surface area contributed by atoms with Crippen LogP contribution in [0.1, 0.15) is 6.92 Å². The van der Waals surface area contributed by atoms with Gasteiger partial charge in [-0.05, 0) is 19.4 Å². The molecule has 0 saturated carbocycles. The maximum absolute atomic E-state index is 12.1. The molecule has 0 spiro atoms. The molecule has 0 fully saturated rings. The Balaban J connectivity index is 2.82. The van der Waals surface area contributed by atoms with E-state index in [1.165, 1.54) is 0 Å². The minimum absolute atomic E-state index is 0.279. The van der Waals surface area contributed by atoms with Crippen LogP contribution in [0.5, 0.6) is 0 Å². The second kappa shape index (κ2) is 5.08. The molecule has 0 saturated heterocycles. The van der Waals surface area contributed by atoms with Crippen molar-refractivity contribution >= 4 is 29.3 Å². The first-order chi connectivity index (χ1) is 6.64. The summed E-state index contributed by atoms with van der Waals surface area (Å²) in [6.07, 6.45) is 10.1. The van der Waals surface area contributed by atoms with Gasteiger partial charge in [-0.2, -0.15) is 23.5 Å². The molecule has 0 aromatic rings. The van der Waals surface area contributed by atoms with Crippen molar-refractivity contribution in [1.82, 2.24) is 0 Å². The van der Waals surface area contributed by atoms with Crippen molar-refractivity contribution in [2.45, 2.75) is 6.92 Å². The molecule has 0 aromatic carbocycles.